The van der Waals surface area contributed by atoms with Crippen LogP contribution in [0.4, 0.5) is 0 Å². The van der Waals surface area contributed by atoms with Gasteiger partial charge in [-0.1, -0.05) is 0 Å². The Bertz CT molecular complexity index is 277. The van der Waals surface area contributed by atoms with Gasteiger partial charge in [0.15, 0.2) is 0 Å². The molecule has 0 unspecified atom stereocenters. The highest BCUT2D eigenvalue weighted by atomic mass is 16.5. The van der Waals surface area contributed by atoms with E-state index in [1.165, 1.54) is 45.2 Å². The van der Waals surface area contributed by atoms with E-state index in [0.29, 0.717) is 12.1 Å². The minimum absolute atomic E-state index is 0.0205. The summed E-state index contributed by atoms with van der Waals surface area (Å²) in [5.74, 6) is 0.787. The van der Waals surface area contributed by atoms with Crippen LogP contribution < -0.4 is 0 Å². The van der Waals surface area contributed by atoms with Crippen molar-refractivity contribution >= 4 is 0 Å². The zero-order valence-corrected chi connectivity index (χ0v) is 13.9. The molecule has 118 valence electrons. The largest absolute Gasteiger partial charge is 0.381 e. The number of rotatable bonds is 5. The Morgan fingerprint density at radius 3 is 2.25 bits per heavy atom. The molecule has 3 heteroatoms. The summed E-state index contributed by atoms with van der Waals surface area (Å²) in [7, 11) is 0. The first-order chi connectivity index (χ1) is 9.46. The lowest BCUT2D eigenvalue weighted by atomic mass is 9.87. The van der Waals surface area contributed by atoms with Gasteiger partial charge in [0.2, 0.25) is 0 Å². The molecule has 0 spiro atoms. The Morgan fingerprint density at radius 1 is 1.10 bits per heavy atom. The fraction of sp³-hybridized carbons (Fsp3) is 1.00. The number of hydrogen-bond acceptors (Lipinski definition) is 3. The molecular formula is C17H33NO2. The van der Waals surface area contributed by atoms with E-state index in [1.54, 1.807) is 0 Å². The van der Waals surface area contributed by atoms with Crippen molar-refractivity contribution in [3.8, 4) is 0 Å². The van der Waals surface area contributed by atoms with Crippen molar-refractivity contribution in [1.82, 2.24) is 4.90 Å². The maximum Gasteiger partial charge on any atom is 0.0633 e. The minimum atomic E-state index is 0.0205. The molecule has 2 fully saturated rings. The summed E-state index contributed by atoms with van der Waals surface area (Å²) in [6.07, 6.45) is 6.43. The maximum atomic E-state index is 6.44. The molecule has 0 aliphatic carbocycles. The van der Waals surface area contributed by atoms with Crippen molar-refractivity contribution in [1.29, 1.82) is 0 Å². The molecule has 2 saturated heterocycles. The van der Waals surface area contributed by atoms with Crippen LogP contribution in [-0.2, 0) is 9.47 Å². The van der Waals surface area contributed by atoms with Gasteiger partial charge in [-0.25, -0.2) is 0 Å². The van der Waals surface area contributed by atoms with Crippen molar-refractivity contribution in [2.45, 2.75) is 77.5 Å². The second-order valence-corrected chi connectivity index (χ2v) is 7.47. The van der Waals surface area contributed by atoms with Crippen molar-refractivity contribution < 1.29 is 9.47 Å². The van der Waals surface area contributed by atoms with Crippen LogP contribution in [0.15, 0.2) is 0 Å². The predicted octanol–water partition coefficient (Wildman–Crippen LogP) is 3.47. The molecule has 0 amide bonds. The van der Waals surface area contributed by atoms with E-state index in [0.717, 1.165) is 19.1 Å². The van der Waals surface area contributed by atoms with Gasteiger partial charge in [0.25, 0.3) is 0 Å². The average Bonchev–Trinajstić information content (AvgIpc) is 2.39. The number of ether oxygens (including phenoxy) is 2. The van der Waals surface area contributed by atoms with Crippen LogP contribution in [0, 0.1) is 5.92 Å². The summed E-state index contributed by atoms with van der Waals surface area (Å²) >= 11 is 0. The number of piperidine rings is 1. The first kappa shape index (κ1) is 16.3. The van der Waals surface area contributed by atoms with E-state index in [-0.39, 0.29) is 5.60 Å². The summed E-state index contributed by atoms with van der Waals surface area (Å²) < 4.78 is 11.9. The number of likely N-dealkylation sites (tertiary alicyclic amines) is 1. The summed E-state index contributed by atoms with van der Waals surface area (Å²) in [6.45, 7) is 13.4. The Balaban J connectivity index is 1.74. The first-order valence-electron chi connectivity index (χ1n) is 8.46. The molecule has 3 nitrogen and oxygen atoms in total. The van der Waals surface area contributed by atoms with Gasteiger partial charge in [-0.3, -0.25) is 0 Å². The summed E-state index contributed by atoms with van der Waals surface area (Å²) in [4.78, 5) is 2.56. The normalized spacial score (nSPS) is 24.4. The Morgan fingerprint density at radius 2 is 1.70 bits per heavy atom. The lowest BCUT2D eigenvalue weighted by Crippen LogP contribution is -2.43. The molecule has 2 heterocycles. The minimum Gasteiger partial charge on any atom is -0.381 e. The second kappa shape index (κ2) is 7.24. The Hall–Kier alpha value is -0.120. The SMILES string of the molecule is CC(C)N1CCC(OC(C)(C)CC2CCOCC2)CC1. The van der Waals surface area contributed by atoms with Crippen molar-refractivity contribution in [2.75, 3.05) is 26.3 Å². The van der Waals surface area contributed by atoms with Crippen molar-refractivity contribution in [3.05, 3.63) is 0 Å². The fourth-order valence-corrected chi connectivity index (χ4v) is 3.66. The molecule has 0 aromatic carbocycles. The van der Waals surface area contributed by atoms with Crippen molar-refractivity contribution in [2.24, 2.45) is 5.92 Å². The highest BCUT2D eigenvalue weighted by Gasteiger charge is 2.30. The van der Waals surface area contributed by atoms with Crippen LogP contribution in [0.1, 0.15) is 59.8 Å². The van der Waals surface area contributed by atoms with E-state index >= 15 is 0 Å². The van der Waals surface area contributed by atoms with Crippen LogP contribution in [0.5, 0.6) is 0 Å². The van der Waals surface area contributed by atoms with E-state index in [2.05, 4.69) is 32.6 Å². The first-order valence-corrected chi connectivity index (χ1v) is 8.46. The van der Waals surface area contributed by atoms with Crippen LogP contribution in [0.3, 0.4) is 0 Å². The molecule has 0 saturated carbocycles. The molecular weight excluding hydrogens is 250 g/mol. The van der Waals surface area contributed by atoms with E-state index < -0.39 is 0 Å². The molecule has 2 rings (SSSR count). The third kappa shape index (κ3) is 5.01. The van der Waals surface area contributed by atoms with Crippen molar-refractivity contribution in [3.63, 3.8) is 0 Å². The Kier molecular flexibility index (Phi) is 5.88. The van der Waals surface area contributed by atoms with Crippen LogP contribution >= 0.6 is 0 Å². The van der Waals surface area contributed by atoms with Gasteiger partial charge in [0.05, 0.1) is 11.7 Å². The van der Waals surface area contributed by atoms with Gasteiger partial charge in [-0.15, -0.1) is 0 Å². The maximum absolute atomic E-state index is 6.44. The lowest BCUT2D eigenvalue weighted by molar-refractivity contribution is -0.109. The molecule has 0 atom stereocenters. The molecule has 0 aromatic heterocycles. The van der Waals surface area contributed by atoms with Gasteiger partial charge in [-0.2, -0.15) is 0 Å². The van der Waals surface area contributed by atoms with Gasteiger partial charge >= 0.3 is 0 Å². The Labute approximate surface area is 125 Å². The van der Waals surface area contributed by atoms with Crippen LogP contribution in [-0.4, -0.2) is 49.0 Å². The zero-order chi connectivity index (χ0) is 14.6. The predicted molar refractivity (Wildman–Crippen MR) is 83.1 cm³/mol. The molecule has 2 aliphatic rings. The van der Waals surface area contributed by atoms with Gasteiger partial charge < -0.3 is 14.4 Å². The standard InChI is InChI=1S/C17H33NO2/c1-14(2)18-9-5-16(6-10-18)20-17(3,4)13-15-7-11-19-12-8-15/h14-16H,5-13H2,1-4H3. The quantitative estimate of drug-likeness (QED) is 0.771. The molecule has 0 bridgehead atoms. The lowest BCUT2D eigenvalue weighted by Gasteiger charge is -2.39. The summed E-state index contributed by atoms with van der Waals surface area (Å²) in [5.41, 5.74) is 0.0205. The van der Waals surface area contributed by atoms with E-state index in [1.807, 2.05) is 0 Å². The molecule has 0 N–H and O–H groups in total. The second-order valence-electron chi connectivity index (χ2n) is 7.47. The topological polar surface area (TPSA) is 21.7 Å². The monoisotopic (exact) mass is 283 g/mol. The number of hydrogen-bond donors (Lipinski definition) is 0. The molecule has 20 heavy (non-hydrogen) atoms. The summed E-state index contributed by atoms with van der Waals surface area (Å²) in [5, 5.41) is 0. The van der Waals surface area contributed by atoms with Crippen LogP contribution in [0.2, 0.25) is 0 Å². The third-order valence-electron chi connectivity index (χ3n) is 4.81. The van der Waals surface area contributed by atoms with Crippen LogP contribution in [0.25, 0.3) is 0 Å². The van der Waals surface area contributed by atoms with E-state index in [4.69, 9.17) is 9.47 Å². The zero-order valence-electron chi connectivity index (χ0n) is 13.9. The summed E-state index contributed by atoms with van der Waals surface area (Å²) in [6, 6.07) is 0.672. The molecule has 0 radical (unpaired) electrons. The fourth-order valence-electron chi connectivity index (χ4n) is 3.66. The highest BCUT2D eigenvalue weighted by Crippen LogP contribution is 2.30. The van der Waals surface area contributed by atoms with Gasteiger partial charge in [-0.05, 0) is 65.7 Å². The molecule has 2 aliphatic heterocycles. The van der Waals surface area contributed by atoms with E-state index in [9.17, 15) is 0 Å². The van der Waals surface area contributed by atoms with Gasteiger partial charge in [0.1, 0.15) is 0 Å². The highest BCUT2D eigenvalue weighted by molar-refractivity contribution is 4.81. The third-order valence-corrected chi connectivity index (χ3v) is 4.81. The molecule has 0 aromatic rings. The number of nitrogens with zero attached hydrogens (tertiary/aromatic N) is 1. The van der Waals surface area contributed by atoms with Gasteiger partial charge in [0, 0.05) is 32.3 Å². The smallest absolute Gasteiger partial charge is 0.0633 e. The average molecular weight is 283 g/mol.